The van der Waals surface area contributed by atoms with Gasteiger partial charge in [-0.05, 0) is 33.6 Å². The highest BCUT2D eigenvalue weighted by atomic mass is 32.1. The fourth-order valence-corrected chi connectivity index (χ4v) is 3.49. The number of carbonyl (C=O) groups excluding carboxylic acids is 1. The molecule has 7 heteroatoms. The van der Waals surface area contributed by atoms with Crippen LogP contribution in [0.5, 0.6) is 0 Å². The summed E-state index contributed by atoms with van der Waals surface area (Å²) >= 11 is 0. The van der Waals surface area contributed by atoms with E-state index in [1.54, 1.807) is 6.20 Å². The van der Waals surface area contributed by atoms with Gasteiger partial charge in [0, 0.05) is 30.7 Å². The smallest absolute Gasteiger partial charge is 0.423 e. The van der Waals surface area contributed by atoms with E-state index in [0.717, 1.165) is 32.9 Å². The van der Waals surface area contributed by atoms with Gasteiger partial charge in [-0.15, -0.1) is 0 Å². The zero-order valence-corrected chi connectivity index (χ0v) is 15.8. The highest BCUT2D eigenvalue weighted by molar-refractivity contribution is 7.59. The first-order valence-corrected chi connectivity index (χ1v) is 8.63. The number of Topliss-reactive ketones (excluding diaryl/α,β-unsaturated/α-hetero) is 1. The number of benzene rings is 2. The summed E-state index contributed by atoms with van der Waals surface area (Å²) in [5.41, 5.74) is 9.43. The fourth-order valence-electron chi connectivity index (χ4n) is 3.49. The largest absolute Gasteiger partial charge is 0.491 e. The van der Waals surface area contributed by atoms with E-state index in [0.29, 0.717) is 13.0 Å². The fraction of sp³-hybridized carbons (Fsp3) is 0.200. The quantitative estimate of drug-likeness (QED) is 0.654. The molecule has 138 valence electrons. The molecule has 0 saturated carbocycles. The lowest BCUT2D eigenvalue weighted by molar-refractivity contribution is -0.119. The monoisotopic (exact) mass is 380 g/mol. The second-order valence-corrected chi connectivity index (χ2v) is 6.61. The SMILES string of the molecule is NC[C@@H](C(=O)Cc1ccc2cnccc2c1)c1ccc2c(c1)COB2O.S. The van der Waals surface area contributed by atoms with Gasteiger partial charge in [0.05, 0.1) is 12.5 Å². The maximum atomic E-state index is 12.9. The average Bonchev–Trinajstić information content (AvgIpc) is 3.03. The summed E-state index contributed by atoms with van der Waals surface area (Å²) in [4.78, 5) is 17.0. The van der Waals surface area contributed by atoms with E-state index in [9.17, 15) is 9.82 Å². The van der Waals surface area contributed by atoms with Gasteiger partial charge >= 0.3 is 7.12 Å². The van der Waals surface area contributed by atoms with E-state index in [4.69, 9.17) is 10.4 Å². The Morgan fingerprint density at radius 1 is 1.22 bits per heavy atom. The minimum absolute atomic E-state index is 0. The number of pyridine rings is 1. The van der Waals surface area contributed by atoms with E-state index in [1.807, 2.05) is 48.7 Å². The second-order valence-electron chi connectivity index (χ2n) is 6.61. The lowest BCUT2D eigenvalue weighted by Gasteiger charge is -2.15. The summed E-state index contributed by atoms with van der Waals surface area (Å²) in [6, 6.07) is 13.5. The molecule has 0 amide bonds. The lowest BCUT2D eigenvalue weighted by atomic mass is 9.78. The van der Waals surface area contributed by atoms with Crippen LogP contribution in [0.2, 0.25) is 0 Å². The Balaban J connectivity index is 0.00000210. The van der Waals surface area contributed by atoms with Gasteiger partial charge in [0.2, 0.25) is 0 Å². The number of rotatable bonds is 5. The van der Waals surface area contributed by atoms with Crippen LogP contribution in [-0.2, 0) is 22.5 Å². The number of carbonyl (C=O) groups is 1. The van der Waals surface area contributed by atoms with Gasteiger partial charge in [-0.1, -0.05) is 36.4 Å². The first-order valence-electron chi connectivity index (χ1n) is 8.63. The molecule has 0 radical (unpaired) electrons. The molecule has 1 atom stereocenters. The summed E-state index contributed by atoms with van der Waals surface area (Å²) < 4.78 is 5.22. The van der Waals surface area contributed by atoms with Crippen molar-refractivity contribution in [2.45, 2.75) is 18.9 Å². The van der Waals surface area contributed by atoms with Crippen molar-refractivity contribution in [1.29, 1.82) is 0 Å². The van der Waals surface area contributed by atoms with Crippen LogP contribution in [0.25, 0.3) is 10.8 Å². The van der Waals surface area contributed by atoms with Gasteiger partial charge in [0.25, 0.3) is 0 Å². The number of aromatic nitrogens is 1. The minimum Gasteiger partial charge on any atom is -0.423 e. The summed E-state index contributed by atoms with van der Waals surface area (Å²) in [5.74, 6) is -0.286. The first kappa shape index (κ1) is 19.6. The van der Waals surface area contributed by atoms with Crippen molar-refractivity contribution in [3.05, 3.63) is 71.5 Å². The molecular weight excluding hydrogens is 359 g/mol. The predicted octanol–water partition coefficient (Wildman–Crippen LogP) is 1.42. The van der Waals surface area contributed by atoms with Crippen molar-refractivity contribution in [3.8, 4) is 0 Å². The molecule has 1 aliphatic heterocycles. The van der Waals surface area contributed by atoms with Crippen LogP contribution in [0, 0.1) is 0 Å². The molecule has 5 nitrogen and oxygen atoms in total. The van der Waals surface area contributed by atoms with Gasteiger partial charge in [-0.3, -0.25) is 9.78 Å². The van der Waals surface area contributed by atoms with Crippen LogP contribution in [0.4, 0.5) is 0 Å². The zero-order valence-electron chi connectivity index (χ0n) is 14.8. The van der Waals surface area contributed by atoms with Crippen molar-refractivity contribution in [3.63, 3.8) is 0 Å². The van der Waals surface area contributed by atoms with Crippen molar-refractivity contribution < 1.29 is 14.5 Å². The van der Waals surface area contributed by atoms with Crippen LogP contribution in [0.3, 0.4) is 0 Å². The van der Waals surface area contributed by atoms with Gasteiger partial charge in [-0.25, -0.2) is 0 Å². The molecule has 0 unspecified atom stereocenters. The summed E-state index contributed by atoms with van der Waals surface area (Å²) in [5, 5.41) is 11.9. The van der Waals surface area contributed by atoms with Gasteiger partial charge in [0.1, 0.15) is 5.78 Å². The second kappa shape index (κ2) is 8.23. The molecule has 1 aromatic heterocycles. The third-order valence-electron chi connectivity index (χ3n) is 4.94. The third kappa shape index (κ3) is 3.91. The van der Waals surface area contributed by atoms with Crippen LogP contribution in [-0.4, -0.2) is 29.5 Å². The normalized spacial score (nSPS) is 13.9. The molecular formula is C20H21BN2O3S. The van der Waals surface area contributed by atoms with E-state index < -0.39 is 7.12 Å². The molecule has 0 bridgehead atoms. The van der Waals surface area contributed by atoms with E-state index in [1.165, 1.54) is 0 Å². The summed E-state index contributed by atoms with van der Waals surface area (Å²) in [7, 11) is -0.877. The Labute approximate surface area is 165 Å². The maximum absolute atomic E-state index is 12.9. The molecule has 0 saturated heterocycles. The molecule has 0 spiro atoms. The molecule has 3 aromatic rings. The Hall–Kier alpha value is -2.19. The molecule has 2 aromatic carbocycles. The highest BCUT2D eigenvalue weighted by Crippen LogP contribution is 2.22. The van der Waals surface area contributed by atoms with Gasteiger partial charge < -0.3 is 15.4 Å². The van der Waals surface area contributed by atoms with Crippen molar-refractivity contribution in [1.82, 2.24) is 4.98 Å². The van der Waals surface area contributed by atoms with Gasteiger partial charge in [0.15, 0.2) is 0 Å². The van der Waals surface area contributed by atoms with Crippen molar-refractivity contribution in [2.75, 3.05) is 6.54 Å². The molecule has 3 N–H and O–H groups in total. The molecule has 4 rings (SSSR count). The predicted molar refractivity (Wildman–Crippen MR) is 111 cm³/mol. The molecule has 0 aliphatic carbocycles. The number of nitrogens with two attached hydrogens (primary N) is 1. The minimum atomic E-state index is -0.877. The van der Waals surface area contributed by atoms with Crippen LogP contribution >= 0.6 is 13.5 Å². The Kier molecular flexibility index (Phi) is 5.96. The average molecular weight is 380 g/mol. The topological polar surface area (TPSA) is 85.4 Å². The summed E-state index contributed by atoms with van der Waals surface area (Å²) in [6.07, 6.45) is 3.89. The number of ketones is 1. The van der Waals surface area contributed by atoms with Crippen LogP contribution in [0.15, 0.2) is 54.9 Å². The van der Waals surface area contributed by atoms with E-state index >= 15 is 0 Å². The molecule has 1 aliphatic rings. The van der Waals surface area contributed by atoms with Gasteiger partial charge in [-0.2, -0.15) is 13.5 Å². The first-order chi connectivity index (χ1) is 12.7. The van der Waals surface area contributed by atoms with Crippen molar-refractivity contribution >= 4 is 42.6 Å². The number of hydrogen-bond donors (Lipinski definition) is 2. The molecule has 2 heterocycles. The third-order valence-corrected chi connectivity index (χ3v) is 4.94. The Morgan fingerprint density at radius 3 is 2.89 bits per heavy atom. The zero-order chi connectivity index (χ0) is 18.1. The van der Waals surface area contributed by atoms with E-state index in [-0.39, 0.29) is 31.7 Å². The maximum Gasteiger partial charge on any atom is 0.491 e. The number of hydrogen-bond acceptors (Lipinski definition) is 5. The molecule has 0 fully saturated rings. The van der Waals surface area contributed by atoms with E-state index in [2.05, 4.69) is 4.98 Å². The molecule has 27 heavy (non-hydrogen) atoms. The standard InChI is InChI=1S/C20H19BN2O3.H2S/c22-10-18(15-3-4-19-17(9-15)12-26-21(19)25)20(24)8-13-1-2-16-11-23-6-5-14(16)7-13;/h1-7,9,11,18,25H,8,10,12,22H2;1H2/t18-;/m1./s1. The highest BCUT2D eigenvalue weighted by Gasteiger charge is 2.29. The number of nitrogens with zero attached hydrogens (tertiary/aromatic N) is 1. The van der Waals surface area contributed by atoms with Crippen LogP contribution < -0.4 is 11.2 Å². The Morgan fingerprint density at radius 2 is 2.07 bits per heavy atom. The van der Waals surface area contributed by atoms with Crippen LogP contribution in [0.1, 0.15) is 22.6 Å². The summed E-state index contributed by atoms with van der Waals surface area (Å²) in [6.45, 7) is 0.604. The lowest BCUT2D eigenvalue weighted by Crippen LogP contribution is -2.29. The number of fused-ring (bicyclic) bond motifs is 2. The van der Waals surface area contributed by atoms with Crippen molar-refractivity contribution in [2.24, 2.45) is 5.73 Å². The Bertz CT molecular complexity index is 982.